The molecule has 2 unspecified atom stereocenters. The van der Waals surface area contributed by atoms with Gasteiger partial charge < -0.3 is 20.5 Å². The first kappa shape index (κ1) is 29.7. The maximum absolute atomic E-state index is 12.9. The van der Waals surface area contributed by atoms with Crippen LogP contribution in [0.4, 0.5) is 5.69 Å². The quantitative estimate of drug-likeness (QED) is 0.258. The van der Waals surface area contributed by atoms with Gasteiger partial charge in [-0.15, -0.1) is 0 Å². The standard InChI is InChI=1S/C30H30Cl2N6O4/c1-38-30(41)20(13-14-35-38)28(40)36-22-11-6-8-18(27(22)32)17-7-5-9-19(26(17)31)23-15-34-24(29(37-23)42-2)16-33-21-10-3-4-12-25(21)39/h5-9,11,13-15,21,25,33,39H,3-4,10,12,16H2,1-2H3,(H,36,40). The fraction of sp³-hybridized carbons (Fsp3) is 0.300. The van der Waals surface area contributed by atoms with Crippen LogP contribution in [0.1, 0.15) is 41.7 Å². The first-order valence-corrected chi connectivity index (χ1v) is 14.3. The molecule has 1 aliphatic carbocycles. The number of aliphatic hydroxyl groups excluding tert-OH is 1. The van der Waals surface area contributed by atoms with Gasteiger partial charge in [-0.2, -0.15) is 5.10 Å². The molecular formula is C30H30Cl2N6O4. The number of halogens is 2. The first-order chi connectivity index (χ1) is 20.3. The lowest BCUT2D eigenvalue weighted by Gasteiger charge is -2.28. The van der Waals surface area contributed by atoms with E-state index < -0.39 is 11.5 Å². The molecule has 2 aromatic heterocycles. The summed E-state index contributed by atoms with van der Waals surface area (Å²) >= 11 is 13.7. The predicted octanol–water partition coefficient (Wildman–Crippen LogP) is 4.87. The second-order valence-electron chi connectivity index (χ2n) is 10.0. The number of hydrogen-bond donors (Lipinski definition) is 3. The molecule has 1 saturated carbocycles. The molecule has 0 aliphatic heterocycles. The number of aromatic nitrogens is 4. The SMILES string of the molecule is COc1nc(-c2cccc(-c3cccc(NC(=O)c4ccnn(C)c4=O)c3Cl)c2Cl)cnc1CNC1CCCCC1O. The Morgan fingerprint density at radius 3 is 2.55 bits per heavy atom. The van der Waals surface area contributed by atoms with Crippen LogP contribution in [0.5, 0.6) is 5.88 Å². The van der Waals surface area contributed by atoms with E-state index in [1.807, 2.05) is 18.2 Å². The van der Waals surface area contributed by atoms with E-state index in [1.165, 1.54) is 26.4 Å². The summed E-state index contributed by atoms with van der Waals surface area (Å²) in [5.41, 5.74) is 2.69. The first-order valence-electron chi connectivity index (χ1n) is 13.5. The summed E-state index contributed by atoms with van der Waals surface area (Å²) in [5.74, 6) is -0.247. The Balaban J connectivity index is 1.41. The summed E-state index contributed by atoms with van der Waals surface area (Å²) in [6.07, 6.45) is 6.45. The zero-order valence-electron chi connectivity index (χ0n) is 23.1. The van der Waals surface area contributed by atoms with Gasteiger partial charge in [0.25, 0.3) is 11.5 Å². The Morgan fingerprint density at radius 2 is 1.79 bits per heavy atom. The van der Waals surface area contributed by atoms with Crippen molar-refractivity contribution in [3.8, 4) is 28.3 Å². The van der Waals surface area contributed by atoms with Gasteiger partial charge >= 0.3 is 0 Å². The number of nitrogens with zero attached hydrogens (tertiary/aromatic N) is 4. The number of amides is 1. The van der Waals surface area contributed by atoms with Crippen molar-refractivity contribution in [2.75, 3.05) is 12.4 Å². The summed E-state index contributed by atoms with van der Waals surface area (Å²) in [5, 5.41) is 20.9. The van der Waals surface area contributed by atoms with Crippen LogP contribution in [0.2, 0.25) is 10.0 Å². The molecule has 218 valence electrons. The van der Waals surface area contributed by atoms with Crippen LogP contribution in [0.3, 0.4) is 0 Å². The van der Waals surface area contributed by atoms with Crippen LogP contribution in [0.25, 0.3) is 22.4 Å². The van der Waals surface area contributed by atoms with Gasteiger partial charge in [-0.05, 0) is 25.0 Å². The van der Waals surface area contributed by atoms with E-state index in [-0.39, 0.29) is 22.7 Å². The minimum atomic E-state index is -0.605. The number of aliphatic hydroxyl groups is 1. The third-order valence-electron chi connectivity index (χ3n) is 7.33. The van der Waals surface area contributed by atoms with Crippen molar-refractivity contribution >= 4 is 34.8 Å². The van der Waals surface area contributed by atoms with Crippen LogP contribution in [0, 0.1) is 0 Å². The molecule has 0 saturated heterocycles. The highest BCUT2D eigenvalue weighted by Gasteiger charge is 2.24. The second kappa shape index (κ2) is 13.0. The highest BCUT2D eigenvalue weighted by molar-refractivity contribution is 6.39. The van der Waals surface area contributed by atoms with Gasteiger partial charge in [0.2, 0.25) is 5.88 Å². The van der Waals surface area contributed by atoms with E-state index in [4.69, 9.17) is 27.9 Å². The summed E-state index contributed by atoms with van der Waals surface area (Å²) in [6, 6.07) is 12.0. The molecule has 0 radical (unpaired) electrons. The van der Waals surface area contributed by atoms with Gasteiger partial charge in [-0.25, -0.2) is 9.67 Å². The molecule has 12 heteroatoms. The lowest BCUT2D eigenvalue weighted by atomic mass is 9.92. The largest absolute Gasteiger partial charge is 0.480 e. The van der Waals surface area contributed by atoms with Crippen molar-refractivity contribution in [1.82, 2.24) is 25.1 Å². The molecule has 3 N–H and O–H groups in total. The van der Waals surface area contributed by atoms with Crippen LogP contribution < -0.4 is 20.9 Å². The minimum absolute atomic E-state index is 0.0106. The topological polar surface area (TPSA) is 131 Å². The number of anilines is 1. The fourth-order valence-corrected chi connectivity index (χ4v) is 5.63. The minimum Gasteiger partial charge on any atom is -0.480 e. The molecule has 1 aliphatic rings. The van der Waals surface area contributed by atoms with Crippen molar-refractivity contribution in [1.29, 1.82) is 0 Å². The fourth-order valence-electron chi connectivity index (χ4n) is 5.03. The van der Waals surface area contributed by atoms with Gasteiger partial charge in [0.15, 0.2) is 0 Å². The Morgan fingerprint density at radius 1 is 1.07 bits per heavy atom. The normalized spacial score (nSPS) is 16.7. The molecule has 5 rings (SSSR count). The summed E-state index contributed by atoms with van der Waals surface area (Å²) in [4.78, 5) is 34.4. The maximum Gasteiger partial charge on any atom is 0.279 e. The zero-order valence-corrected chi connectivity index (χ0v) is 24.6. The van der Waals surface area contributed by atoms with Crippen LogP contribution in [-0.4, -0.2) is 50.0 Å². The lowest BCUT2D eigenvalue weighted by molar-refractivity contribution is 0.0899. The summed E-state index contributed by atoms with van der Waals surface area (Å²) in [6.45, 7) is 0.408. The summed E-state index contributed by atoms with van der Waals surface area (Å²) < 4.78 is 6.63. The van der Waals surface area contributed by atoms with E-state index in [0.717, 1.165) is 30.4 Å². The number of aryl methyl sites for hydroxylation is 1. The van der Waals surface area contributed by atoms with E-state index >= 15 is 0 Å². The molecule has 2 heterocycles. The van der Waals surface area contributed by atoms with Crippen LogP contribution >= 0.6 is 23.2 Å². The summed E-state index contributed by atoms with van der Waals surface area (Å²) in [7, 11) is 3.00. The Hall–Kier alpha value is -3.83. The van der Waals surface area contributed by atoms with Gasteiger partial charge in [-0.3, -0.25) is 14.6 Å². The molecule has 0 spiro atoms. The number of carbonyl (C=O) groups is 1. The van der Waals surface area contributed by atoms with Crippen molar-refractivity contribution in [3.05, 3.63) is 86.5 Å². The smallest absolute Gasteiger partial charge is 0.279 e. The monoisotopic (exact) mass is 608 g/mol. The predicted molar refractivity (Wildman–Crippen MR) is 162 cm³/mol. The molecule has 2 atom stereocenters. The molecular weight excluding hydrogens is 579 g/mol. The van der Waals surface area contributed by atoms with E-state index in [2.05, 4.69) is 25.7 Å². The number of hydrogen-bond acceptors (Lipinski definition) is 8. The van der Waals surface area contributed by atoms with E-state index in [9.17, 15) is 14.7 Å². The molecule has 0 bridgehead atoms. The van der Waals surface area contributed by atoms with Crippen molar-refractivity contribution in [2.45, 2.75) is 44.4 Å². The third-order valence-corrected chi connectivity index (χ3v) is 8.14. The average molecular weight is 610 g/mol. The van der Waals surface area contributed by atoms with Gasteiger partial charge in [0, 0.05) is 42.5 Å². The second-order valence-corrected chi connectivity index (χ2v) is 10.8. The average Bonchev–Trinajstić information content (AvgIpc) is 2.99. The molecule has 2 aromatic carbocycles. The molecule has 10 nitrogen and oxygen atoms in total. The number of benzene rings is 2. The zero-order chi connectivity index (χ0) is 29.8. The number of methoxy groups -OCH3 is 1. The number of nitrogens with one attached hydrogen (secondary N) is 2. The highest BCUT2D eigenvalue weighted by atomic mass is 35.5. The van der Waals surface area contributed by atoms with Crippen molar-refractivity contribution < 1.29 is 14.6 Å². The van der Waals surface area contributed by atoms with E-state index in [0.29, 0.717) is 51.2 Å². The molecule has 42 heavy (non-hydrogen) atoms. The Labute approximate surface area is 252 Å². The molecule has 1 fully saturated rings. The van der Waals surface area contributed by atoms with Gasteiger partial charge in [-0.1, -0.05) is 66.4 Å². The highest BCUT2D eigenvalue weighted by Crippen LogP contribution is 2.41. The van der Waals surface area contributed by atoms with Crippen LogP contribution in [-0.2, 0) is 13.6 Å². The molecule has 1 amide bonds. The van der Waals surface area contributed by atoms with Gasteiger partial charge in [0.1, 0.15) is 11.3 Å². The Kier molecular flexibility index (Phi) is 9.18. The van der Waals surface area contributed by atoms with Crippen molar-refractivity contribution in [3.63, 3.8) is 0 Å². The van der Waals surface area contributed by atoms with E-state index in [1.54, 1.807) is 24.4 Å². The number of ether oxygens (including phenoxy) is 1. The molecule has 4 aromatic rings. The van der Waals surface area contributed by atoms with Gasteiger partial charge in [0.05, 0.1) is 40.8 Å². The Bertz CT molecular complexity index is 1680. The lowest BCUT2D eigenvalue weighted by Crippen LogP contribution is -2.41. The maximum atomic E-state index is 12.9. The number of rotatable bonds is 8. The van der Waals surface area contributed by atoms with Crippen molar-refractivity contribution in [2.24, 2.45) is 7.05 Å². The third kappa shape index (κ3) is 6.17. The number of carbonyl (C=O) groups excluding carboxylic acids is 1. The van der Waals surface area contributed by atoms with Crippen LogP contribution in [0.15, 0.2) is 59.7 Å².